The second-order valence-electron chi connectivity index (χ2n) is 5.16. The third kappa shape index (κ3) is 2.15. The van der Waals surface area contributed by atoms with Gasteiger partial charge in [0.15, 0.2) is 5.78 Å². The highest BCUT2D eigenvalue weighted by atomic mass is 16.5. The standard InChI is InChI=1S/C16H11BO4/c1-8-2-4-9(5-3-8)14(18)10-7-21-12-6-11(17)15(19)16(20)13(10)12/h2-7,12-13H,1H3. The molecule has 0 spiro atoms. The Morgan fingerprint density at radius 2 is 1.86 bits per heavy atom. The van der Waals surface area contributed by atoms with Crippen LogP contribution in [0.5, 0.6) is 0 Å². The van der Waals surface area contributed by atoms with E-state index in [0.717, 1.165) is 5.56 Å². The lowest BCUT2D eigenvalue weighted by Crippen LogP contribution is -2.38. The molecule has 1 aliphatic heterocycles. The smallest absolute Gasteiger partial charge is 0.215 e. The predicted molar refractivity (Wildman–Crippen MR) is 75.8 cm³/mol. The van der Waals surface area contributed by atoms with Crippen molar-refractivity contribution in [3.63, 3.8) is 0 Å². The Hall–Kier alpha value is -2.43. The number of hydrogen-bond acceptors (Lipinski definition) is 4. The summed E-state index contributed by atoms with van der Waals surface area (Å²) in [5.74, 6) is -2.65. The van der Waals surface area contributed by atoms with E-state index in [-0.39, 0.29) is 16.8 Å². The number of ketones is 3. The van der Waals surface area contributed by atoms with E-state index in [0.29, 0.717) is 5.56 Å². The zero-order chi connectivity index (χ0) is 15.1. The van der Waals surface area contributed by atoms with Gasteiger partial charge in [-0.05, 0) is 18.5 Å². The van der Waals surface area contributed by atoms with Gasteiger partial charge in [0.05, 0.1) is 12.2 Å². The summed E-state index contributed by atoms with van der Waals surface area (Å²) in [7, 11) is 5.48. The van der Waals surface area contributed by atoms with Crippen molar-refractivity contribution < 1.29 is 19.1 Å². The third-order valence-corrected chi connectivity index (χ3v) is 3.70. The summed E-state index contributed by atoms with van der Waals surface area (Å²) in [5.41, 5.74) is 1.56. The van der Waals surface area contributed by atoms with E-state index in [4.69, 9.17) is 12.6 Å². The van der Waals surface area contributed by atoms with E-state index in [9.17, 15) is 14.4 Å². The summed E-state index contributed by atoms with van der Waals surface area (Å²) in [6, 6.07) is 7.00. The Balaban J connectivity index is 1.94. The van der Waals surface area contributed by atoms with Crippen molar-refractivity contribution in [1.29, 1.82) is 0 Å². The normalized spacial score (nSPS) is 24.0. The molecule has 5 heteroatoms. The van der Waals surface area contributed by atoms with Crippen molar-refractivity contribution in [2.24, 2.45) is 5.92 Å². The van der Waals surface area contributed by atoms with Gasteiger partial charge in [0.25, 0.3) is 0 Å². The number of aryl methyl sites for hydroxylation is 1. The first kappa shape index (κ1) is 13.6. The van der Waals surface area contributed by atoms with Crippen LogP contribution in [-0.4, -0.2) is 31.3 Å². The molecule has 1 aromatic rings. The van der Waals surface area contributed by atoms with Gasteiger partial charge in [-0.2, -0.15) is 0 Å². The lowest BCUT2D eigenvalue weighted by atomic mass is 9.74. The minimum atomic E-state index is -0.890. The molecule has 0 aromatic heterocycles. The van der Waals surface area contributed by atoms with Gasteiger partial charge in [-0.3, -0.25) is 14.4 Å². The highest BCUT2D eigenvalue weighted by molar-refractivity contribution is 6.57. The fourth-order valence-electron chi connectivity index (χ4n) is 2.51. The molecule has 1 aromatic carbocycles. The number of fused-ring (bicyclic) bond motifs is 1. The average molecular weight is 278 g/mol. The van der Waals surface area contributed by atoms with E-state index < -0.39 is 23.6 Å². The second kappa shape index (κ2) is 4.84. The topological polar surface area (TPSA) is 60.4 Å². The molecule has 4 nitrogen and oxygen atoms in total. The highest BCUT2D eigenvalue weighted by Gasteiger charge is 2.45. The molecule has 102 valence electrons. The predicted octanol–water partition coefficient (Wildman–Crippen LogP) is 1.28. The molecule has 0 saturated heterocycles. The zero-order valence-electron chi connectivity index (χ0n) is 11.3. The Morgan fingerprint density at radius 3 is 2.52 bits per heavy atom. The van der Waals surface area contributed by atoms with Crippen molar-refractivity contribution in [2.75, 3.05) is 0 Å². The van der Waals surface area contributed by atoms with E-state index >= 15 is 0 Å². The molecule has 0 fully saturated rings. The number of benzene rings is 1. The number of hydrogen-bond donors (Lipinski definition) is 0. The van der Waals surface area contributed by atoms with Gasteiger partial charge in [-0.1, -0.05) is 29.8 Å². The van der Waals surface area contributed by atoms with Gasteiger partial charge in [0.1, 0.15) is 14.0 Å². The molecule has 2 radical (unpaired) electrons. The molecule has 0 saturated carbocycles. The summed E-state index contributed by atoms with van der Waals surface area (Å²) in [6.07, 6.45) is 1.98. The van der Waals surface area contributed by atoms with Crippen LogP contribution in [-0.2, 0) is 14.3 Å². The van der Waals surface area contributed by atoms with Crippen LogP contribution in [0.15, 0.2) is 47.6 Å². The van der Waals surface area contributed by atoms with Gasteiger partial charge < -0.3 is 4.74 Å². The molecule has 0 N–H and O–H groups in total. The van der Waals surface area contributed by atoms with Crippen LogP contribution in [0.25, 0.3) is 0 Å². The van der Waals surface area contributed by atoms with Crippen molar-refractivity contribution in [1.82, 2.24) is 0 Å². The Morgan fingerprint density at radius 1 is 1.19 bits per heavy atom. The van der Waals surface area contributed by atoms with Gasteiger partial charge in [0.2, 0.25) is 11.6 Å². The summed E-state index contributed by atoms with van der Waals surface area (Å²) >= 11 is 0. The SMILES string of the molecule is [B]C1=CC2OC=C(C(=O)c3ccc(C)cc3)C2C(=O)C1=O. The molecule has 0 amide bonds. The maximum absolute atomic E-state index is 12.5. The van der Waals surface area contributed by atoms with E-state index in [1.54, 1.807) is 12.1 Å². The van der Waals surface area contributed by atoms with Crippen LogP contribution >= 0.6 is 0 Å². The molecule has 3 rings (SSSR count). The summed E-state index contributed by atoms with van der Waals surface area (Å²) in [5, 5.41) is 0. The Kier molecular flexibility index (Phi) is 3.13. The number of rotatable bonds is 2. The molecule has 2 aliphatic rings. The van der Waals surface area contributed by atoms with Crippen molar-refractivity contribution in [3.8, 4) is 0 Å². The van der Waals surface area contributed by atoms with Gasteiger partial charge in [0, 0.05) is 11.1 Å². The summed E-state index contributed by atoms with van der Waals surface area (Å²) in [6.45, 7) is 1.92. The molecule has 1 aliphatic carbocycles. The molecule has 21 heavy (non-hydrogen) atoms. The first-order valence-corrected chi connectivity index (χ1v) is 6.52. The van der Waals surface area contributed by atoms with Crippen molar-refractivity contribution >= 4 is 25.2 Å². The molecule has 0 bridgehead atoms. The van der Waals surface area contributed by atoms with E-state index in [1.807, 2.05) is 19.1 Å². The van der Waals surface area contributed by atoms with Crippen LogP contribution in [0.3, 0.4) is 0 Å². The van der Waals surface area contributed by atoms with Gasteiger partial charge >= 0.3 is 0 Å². The van der Waals surface area contributed by atoms with Crippen LogP contribution in [0, 0.1) is 12.8 Å². The van der Waals surface area contributed by atoms with Gasteiger partial charge in [-0.25, -0.2) is 0 Å². The Labute approximate surface area is 122 Å². The first-order chi connectivity index (χ1) is 9.99. The minimum absolute atomic E-state index is 0.126. The molecule has 2 atom stereocenters. The zero-order valence-corrected chi connectivity index (χ0v) is 11.3. The largest absolute Gasteiger partial charge is 0.492 e. The van der Waals surface area contributed by atoms with E-state index in [1.165, 1.54) is 12.3 Å². The van der Waals surface area contributed by atoms with Crippen LogP contribution in [0.1, 0.15) is 15.9 Å². The van der Waals surface area contributed by atoms with Crippen molar-refractivity contribution in [3.05, 3.63) is 58.8 Å². The van der Waals surface area contributed by atoms with E-state index in [2.05, 4.69) is 0 Å². The number of allylic oxidation sites excluding steroid dienone is 1. The lowest BCUT2D eigenvalue weighted by molar-refractivity contribution is -0.137. The summed E-state index contributed by atoms with van der Waals surface area (Å²) < 4.78 is 5.31. The average Bonchev–Trinajstić information content (AvgIpc) is 2.88. The summed E-state index contributed by atoms with van der Waals surface area (Å²) in [4.78, 5) is 36.2. The molecular weight excluding hydrogens is 267 g/mol. The minimum Gasteiger partial charge on any atom is -0.492 e. The third-order valence-electron chi connectivity index (χ3n) is 3.70. The quantitative estimate of drug-likeness (QED) is 0.464. The highest BCUT2D eigenvalue weighted by Crippen LogP contribution is 2.34. The van der Waals surface area contributed by atoms with Crippen LogP contribution < -0.4 is 0 Å². The number of carbonyl (C=O) groups is 3. The number of ether oxygens (including phenoxy) is 1. The van der Waals surface area contributed by atoms with Crippen molar-refractivity contribution in [2.45, 2.75) is 13.0 Å². The number of Topliss-reactive ketones (excluding diaryl/α,β-unsaturated/α-hetero) is 3. The second-order valence-corrected chi connectivity index (χ2v) is 5.16. The van der Waals surface area contributed by atoms with Crippen LogP contribution in [0.4, 0.5) is 0 Å². The monoisotopic (exact) mass is 278 g/mol. The lowest BCUT2D eigenvalue weighted by Gasteiger charge is -2.21. The fourth-order valence-corrected chi connectivity index (χ4v) is 2.51. The maximum atomic E-state index is 12.5. The molecular formula is C16H11BO4. The fraction of sp³-hybridized carbons (Fsp3) is 0.188. The molecule has 2 unspecified atom stereocenters. The first-order valence-electron chi connectivity index (χ1n) is 6.52. The van der Waals surface area contributed by atoms with Crippen LogP contribution in [0.2, 0.25) is 0 Å². The molecule has 1 heterocycles. The number of carbonyl (C=O) groups excluding carboxylic acids is 3. The van der Waals surface area contributed by atoms with Gasteiger partial charge in [-0.15, -0.1) is 0 Å². The Bertz CT molecular complexity index is 712. The maximum Gasteiger partial charge on any atom is 0.215 e.